The van der Waals surface area contributed by atoms with Crippen molar-refractivity contribution in [2.24, 2.45) is 11.0 Å². The molecule has 3 rings (SSSR count). The third-order valence-electron chi connectivity index (χ3n) is 4.15. The van der Waals surface area contributed by atoms with Crippen LogP contribution in [-0.2, 0) is 0 Å². The Bertz CT molecular complexity index is 541. The maximum atomic E-state index is 8.92. The summed E-state index contributed by atoms with van der Waals surface area (Å²) in [6, 6.07) is 8.12. The van der Waals surface area contributed by atoms with Gasteiger partial charge in [-0.15, -0.1) is 0 Å². The molecule has 98 valence electrons. The standard InChI is InChI=1S/C15H16ClN3/c16-14-9-13(6-5-12(14)10-17)19-15(7-8-18-19)11-3-1-2-4-11/h5-6,8-9,11,15H,1-4,7H2. The Balaban J connectivity index is 1.86. The number of halogens is 1. The highest BCUT2D eigenvalue weighted by Gasteiger charge is 2.32. The summed E-state index contributed by atoms with van der Waals surface area (Å²) >= 11 is 6.11. The highest BCUT2D eigenvalue weighted by molar-refractivity contribution is 6.32. The lowest BCUT2D eigenvalue weighted by atomic mass is 9.95. The number of nitriles is 1. The fraction of sp³-hybridized carbons (Fsp3) is 0.467. The van der Waals surface area contributed by atoms with Crippen molar-refractivity contribution in [1.82, 2.24) is 0 Å². The zero-order valence-electron chi connectivity index (χ0n) is 10.7. The molecule has 19 heavy (non-hydrogen) atoms. The second-order valence-electron chi connectivity index (χ2n) is 5.27. The number of anilines is 1. The van der Waals surface area contributed by atoms with Crippen LogP contribution in [-0.4, -0.2) is 12.3 Å². The smallest absolute Gasteiger partial charge is 0.101 e. The third kappa shape index (κ3) is 2.33. The number of nitrogens with zero attached hydrogens (tertiary/aromatic N) is 3. The first-order valence-electron chi connectivity index (χ1n) is 6.81. The van der Waals surface area contributed by atoms with E-state index in [1.807, 2.05) is 18.3 Å². The van der Waals surface area contributed by atoms with Gasteiger partial charge in [0.25, 0.3) is 0 Å². The van der Waals surface area contributed by atoms with Crippen molar-refractivity contribution in [3.63, 3.8) is 0 Å². The van der Waals surface area contributed by atoms with Gasteiger partial charge in [0.15, 0.2) is 0 Å². The first-order chi connectivity index (χ1) is 9.29. The second kappa shape index (κ2) is 5.22. The van der Waals surface area contributed by atoms with Gasteiger partial charge in [0.2, 0.25) is 0 Å². The Morgan fingerprint density at radius 2 is 2.11 bits per heavy atom. The van der Waals surface area contributed by atoms with Crippen molar-refractivity contribution in [3.8, 4) is 6.07 Å². The van der Waals surface area contributed by atoms with Gasteiger partial charge in [0.05, 0.1) is 22.3 Å². The maximum absolute atomic E-state index is 8.92. The molecule has 1 unspecified atom stereocenters. The molecule has 2 aliphatic rings. The van der Waals surface area contributed by atoms with Crippen LogP contribution in [0.25, 0.3) is 0 Å². The lowest BCUT2D eigenvalue weighted by Gasteiger charge is -2.28. The Morgan fingerprint density at radius 3 is 2.79 bits per heavy atom. The van der Waals surface area contributed by atoms with Crippen LogP contribution in [0.5, 0.6) is 0 Å². The van der Waals surface area contributed by atoms with Crippen LogP contribution in [0.15, 0.2) is 23.3 Å². The van der Waals surface area contributed by atoms with Gasteiger partial charge in [-0.3, -0.25) is 5.01 Å². The Hall–Kier alpha value is -1.53. The summed E-state index contributed by atoms with van der Waals surface area (Å²) in [7, 11) is 0. The van der Waals surface area contributed by atoms with Crippen molar-refractivity contribution in [2.45, 2.75) is 38.1 Å². The van der Waals surface area contributed by atoms with E-state index >= 15 is 0 Å². The molecule has 1 aromatic rings. The molecule has 1 aliphatic carbocycles. The summed E-state index contributed by atoms with van der Waals surface area (Å²) in [5.41, 5.74) is 1.51. The SMILES string of the molecule is N#Cc1ccc(N2N=CCC2C2CCCC2)cc1Cl. The predicted molar refractivity (Wildman–Crippen MR) is 77.5 cm³/mol. The number of rotatable bonds is 2. The van der Waals surface area contributed by atoms with Crippen molar-refractivity contribution < 1.29 is 0 Å². The molecule has 1 heterocycles. The molecule has 1 fully saturated rings. The molecule has 1 atom stereocenters. The maximum Gasteiger partial charge on any atom is 0.101 e. The van der Waals surface area contributed by atoms with E-state index in [-0.39, 0.29) is 0 Å². The van der Waals surface area contributed by atoms with Crippen LogP contribution in [0, 0.1) is 17.2 Å². The zero-order valence-corrected chi connectivity index (χ0v) is 11.5. The minimum atomic E-state index is 0.464. The van der Waals surface area contributed by atoms with Crippen LogP contribution in [0.4, 0.5) is 5.69 Å². The summed E-state index contributed by atoms with van der Waals surface area (Å²) in [6.07, 6.45) is 8.28. The van der Waals surface area contributed by atoms with Gasteiger partial charge in [-0.1, -0.05) is 24.4 Å². The molecule has 0 spiro atoms. The van der Waals surface area contributed by atoms with Gasteiger partial charge >= 0.3 is 0 Å². The Labute approximate surface area is 118 Å². The molecule has 1 saturated carbocycles. The monoisotopic (exact) mass is 273 g/mol. The minimum absolute atomic E-state index is 0.464. The largest absolute Gasteiger partial charge is 0.262 e. The van der Waals surface area contributed by atoms with Gasteiger partial charge in [-0.05, 0) is 37.0 Å². The van der Waals surface area contributed by atoms with Gasteiger partial charge in [-0.2, -0.15) is 10.4 Å². The predicted octanol–water partition coefficient (Wildman–Crippen LogP) is 3.97. The summed E-state index contributed by atoms with van der Waals surface area (Å²) in [5, 5.41) is 16.0. The first-order valence-corrected chi connectivity index (χ1v) is 7.18. The average Bonchev–Trinajstić information content (AvgIpc) is 3.09. The molecule has 0 N–H and O–H groups in total. The number of benzene rings is 1. The summed E-state index contributed by atoms with van der Waals surface area (Å²) in [4.78, 5) is 0. The Kier molecular flexibility index (Phi) is 3.44. The fourth-order valence-corrected chi connectivity index (χ4v) is 3.38. The van der Waals surface area contributed by atoms with E-state index in [0.717, 1.165) is 18.0 Å². The molecule has 4 heteroatoms. The lowest BCUT2D eigenvalue weighted by Crippen LogP contribution is -2.32. The zero-order chi connectivity index (χ0) is 13.2. The molecule has 0 amide bonds. The second-order valence-corrected chi connectivity index (χ2v) is 5.67. The normalized spacial score (nSPS) is 22.9. The summed E-state index contributed by atoms with van der Waals surface area (Å²) in [6.45, 7) is 0. The lowest BCUT2D eigenvalue weighted by molar-refractivity contribution is 0.431. The van der Waals surface area contributed by atoms with Gasteiger partial charge in [0.1, 0.15) is 6.07 Å². The highest BCUT2D eigenvalue weighted by atomic mass is 35.5. The molecule has 3 nitrogen and oxygen atoms in total. The van der Waals surface area contributed by atoms with E-state index in [0.29, 0.717) is 16.6 Å². The van der Waals surface area contributed by atoms with E-state index in [9.17, 15) is 0 Å². The average molecular weight is 274 g/mol. The van der Waals surface area contributed by atoms with E-state index in [1.165, 1.54) is 25.7 Å². The van der Waals surface area contributed by atoms with Gasteiger partial charge in [0, 0.05) is 12.6 Å². The molecule has 0 aromatic heterocycles. The molecular formula is C15H16ClN3. The number of hydrazone groups is 1. The van der Waals surface area contributed by atoms with Crippen molar-refractivity contribution in [2.75, 3.05) is 5.01 Å². The minimum Gasteiger partial charge on any atom is -0.262 e. The van der Waals surface area contributed by atoms with Gasteiger partial charge < -0.3 is 0 Å². The van der Waals surface area contributed by atoms with Crippen LogP contribution in [0.1, 0.15) is 37.7 Å². The third-order valence-corrected chi connectivity index (χ3v) is 4.46. The first kappa shape index (κ1) is 12.5. The van der Waals surface area contributed by atoms with Crippen LogP contribution in [0.2, 0.25) is 5.02 Å². The molecule has 0 radical (unpaired) electrons. The van der Waals surface area contributed by atoms with Crippen molar-refractivity contribution in [1.29, 1.82) is 5.26 Å². The number of hydrogen-bond acceptors (Lipinski definition) is 3. The topological polar surface area (TPSA) is 39.4 Å². The molecular weight excluding hydrogens is 258 g/mol. The number of hydrogen-bond donors (Lipinski definition) is 0. The van der Waals surface area contributed by atoms with Gasteiger partial charge in [-0.25, -0.2) is 0 Å². The molecule has 0 bridgehead atoms. The molecule has 0 saturated heterocycles. The fourth-order valence-electron chi connectivity index (χ4n) is 3.16. The highest BCUT2D eigenvalue weighted by Crippen LogP contribution is 2.36. The molecule has 1 aromatic carbocycles. The van der Waals surface area contributed by atoms with Crippen LogP contribution >= 0.6 is 11.6 Å². The van der Waals surface area contributed by atoms with E-state index in [4.69, 9.17) is 16.9 Å². The van der Waals surface area contributed by atoms with Crippen LogP contribution < -0.4 is 5.01 Å². The van der Waals surface area contributed by atoms with Crippen molar-refractivity contribution >= 4 is 23.5 Å². The Morgan fingerprint density at radius 1 is 1.32 bits per heavy atom. The molecule has 1 aliphatic heterocycles. The summed E-state index contributed by atoms with van der Waals surface area (Å²) in [5.74, 6) is 0.733. The quantitative estimate of drug-likeness (QED) is 0.818. The van der Waals surface area contributed by atoms with E-state index < -0.39 is 0 Å². The van der Waals surface area contributed by atoms with E-state index in [2.05, 4.69) is 16.2 Å². The van der Waals surface area contributed by atoms with Crippen LogP contribution in [0.3, 0.4) is 0 Å². The van der Waals surface area contributed by atoms with E-state index in [1.54, 1.807) is 6.07 Å². The van der Waals surface area contributed by atoms with Crippen molar-refractivity contribution in [3.05, 3.63) is 28.8 Å². The summed E-state index contributed by atoms with van der Waals surface area (Å²) < 4.78 is 0.